The number of carbonyl (C=O) groups is 2. The van der Waals surface area contributed by atoms with Crippen molar-refractivity contribution in [2.75, 3.05) is 0 Å². The maximum Gasteiger partial charge on any atom is 0.234 e. The van der Waals surface area contributed by atoms with E-state index in [1.54, 1.807) is 0 Å². The molecule has 3 nitrogen and oxygen atoms in total. The van der Waals surface area contributed by atoms with Crippen LogP contribution in [0.2, 0.25) is 0 Å². The SMILES string of the molecule is CC(C)(C)N1C(=O)[C@@H]2[C@@H](C1=O)[C@@H]1C=C[C@H]2C12CC2. The van der Waals surface area contributed by atoms with Crippen molar-refractivity contribution in [2.24, 2.45) is 29.1 Å². The third kappa shape index (κ3) is 0.952. The highest BCUT2D eigenvalue weighted by Crippen LogP contribution is 2.73. The third-order valence-electron chi connectivity index (χ3n) is 5.52. The standard InChI is InChI=1S/C15H19NO2/c1-14(2,3)16-12(17)10-8-4-5-9(11(10)13(16)18)15(8)6-7-15/h4-5,8-11H,6-7H2,1-3H3/t8-,9+,10-,11-/m0/s1. The van der Waals surface area contributed by atoms with Crippen molar-refractivity contribution in [3.63, 3.8) is 0 Å². The fourth-order valence-electron chi connectivity index (χ4n) is 4.74. The fourth-order valence-corrected chi connectivity index (χ4v) is 4.74. The molecular formula is C15H19NO2. The topological polar surface area (TPSA) is 37.4 Å². The molecule has 0 radical (unpaired) electrons. The number of hydrogen-bond donors (Lipinski definition) is 0. The quantitative estimate of drug-likeness (QED) is 0.483. The highest BCUT2D eigenvalue weighted by atomic mass is 16.2. The Bertz CT molecular complexity index is 461. The van der Waals surface area contributed by atoms with E-state index in [9.17, 15) is 9.59 Å². The number of carbonyl (C=O) groups excluding carboxylic acids is 2. The van der Waals surface area contributed by atoms with Gasteiger partial charge in [0.25, 0.3) is 0 Å². The number of nitrogens with zero attached hydrogens (tertiary/aromatic N) is 1. The number of hydrogen-bond acceptors (Lipinski definition) is 2. The molecule has 0 aromatic heterocycles. The van der Waals surface area contributed by atoms with Crippen LogP contribution >= 0.6 is 0 Å². The van der Waals surface area contributed by atoms with Crippen LogP contribution in [0, 0.1) is 29.1 Å². The van der Waals surface area contributed by atoms with Crippen LogP contribution in [0.15, 0.2) is 12.2 Å². The van der Waals surface area contributed by atoms with Crippen molar-refractivity contribution in [3.05, 3.63) is 12.2 Å². The monoisotopic (exact) mass is 245 g/mol. The van der Waals surface area contributed by atoms with Crippen LogP contribution in [0.3, 0.4) is 0 Å². The number of imide groups is 1. The summed E-state index contributed by atoms with van der Waals surface area (Å²) in [5, 5.41) is 0. The molecule has 2 amide bonds. The Hall–Kier alpha value is -1.12. The molecule has 1 heterocycles. The number of rotatable bonds is 0. The molecule has 18 heavy (non-hydrogen) atoms. The maximum absolute atomic E-state index is 12.6. The van der Waals surface area contributed by atoms with Gasteiger partial charge in [0.15, 0.2) is 0 Å². The number of allylic oxidation sites excluding steroid dienone is 2. The Labute approximate surface area is 107 Å². The zero-order valence-electron chi connectivity index (χ0n) is 11.1. The molecule has 0 aromatic rings. The zero-order valence-corrected chi connectivity index (χ0v) is 11.1. The van der Waals surface area contributed by atoms with Gasteiger partial charge in [-0.25, -0.2) is 0 Å². The smallest absolute Gasteiger partial charge is 0.234 e. The van der Waals surface area contributed by atoms with Crippen LogP contribution in [0.1, 0.15) is 33.6 Å². The first-order valence-corrected chi connectivity index (χ1v) is 6.94. The summed E-state index contributed by atoms with van der Waals surface area (Å²) in [4.78, 5) is 26.8. The fraction of sp³-hybridized carbons (Fsp3) is 0.733. The average molecular weight is 245 g/mol. The lowest BCUT2D eigenvalue weighted by Crippen LogP contribution is -2.47. The molecule has 2 saturated carbocycles. The first kappa shape index (κ1) is 10.8. The summed E-state index contributed by atoms with van der Waals surface area (Å²) < 4.78 is 0. The molecule has 4 rings (SSSR count). The van der Waals surface area contributed by atoms with Gasteiger partial charge in [-0.1, -0.05) is 12.2 Å². The second kappa shape index (κ2) is 2.73. The molecular weight excluding hydrogens is 226 g/mol. The Kier molecular flexibility index (Phi) is 1.63. The van der Waals surface area contributed by atoms with Crippen molar-refractivity contribution in [1.82, 2.24) is 4.90 Å². The van der Waals surface area contributed by atoms with Gasteiger partial charge in [0, 0.05) is 5.54 Å². The van der Waals surface area contributed by atoms with E-state index in [0.717, 1.165) is 0 Å². The maximum atomic E-state index is 12.6. The van der Waals surface area contributed by atoms with Crippen LogP contribution in [0.25, 0.3) is 0 Å². The van der Waals surface area contributed by atoms with E-state index in [0.29, 0.717) is 17.3 Å². The minimum absolute atomic E-state index is 0.0470. The van der Waals surface area contributed by atoms with E-state index in [2.05, 4.69) is 12.2 Å². The Morgan fingerprint density at radius 2 is 1.50 bits per heavy atom. The first-order chi connectivity index (χ1) is 8.38. The molecule has 1 saturated heterocycles. The summed E-state index contributed by atoms with van der Waals surface area (Å²) in [6, 6.07) is 0. The molecule has 3 aliphatic carbocycles. The van der Waals surface area contributed by atoms with Gasteiger partial charge in [-0.15, -0.1) is 0 Å². The summed E-state index contributed by atoms with van der Waals surface area (Å²) in [6.45, 7) is 5.85. The van der Waals surface area contributed by atoms with E-state index in [4.69, 9.17) is 0 Å². The van der Waals surface area contributed by atoms with E-state index in [1.165, 1.54) is 17.7 Å². The van der Waals surface area contributed by atoms with E-state index in [-0.39, 0.29) is 29.2 Å². The van der Waals surface area contributed by atoms with Crippen molar-refractivity contribution >= 4 is 11.8 Å². The van der Waals surface area contributed by atoms with Gasteiger partial charge < -0.3 is 0 Å². The molecule has 2 bridgehead atoms. The molecule has 4 aliphatic rings. The minimum Gasteiger partial charge on any atom is -0.277 e. The van der Waals surface area contributed by atoms with Crippen molar-refractivity contribution in [2.45, 2.75) is 39.2 Å². The molecule has 1 spiro atoms. The summed E-state index contributed by atoms with van der Waals surface area (Å²) >= 11 is 0. The number of fused-ring (bicyclic) bond motifs is 3. The van der Waals surface area contributed by atoms with Gasteiger partial charge in [0.2, 0.25) is 11.8 Å². The van der Waals surface area contributed by atoms with Crippen LogP contribution < -0.4 is 0 Å². The molecule has 3 fully saturated rings. The predicted molar refractivity (Wildman–Crippen MR) is 66.4 cm³/mol. The lowest BCUT2D eigenvalue weighted by atomic mass is 9.85. The van der Waals surface area contributed by atoms with Gasteiger partial charge in [-0.2, -0.15) is 0 Å². The van der Waals surface area contributed by atoms with Crippen LogP contribution in [0.4, 0.5) is 0 Å². The summed E-state index contributed by atoms with van der Waals surface area (Å²) in [5.41, 5.74) is -0.0702. The summed E-state index contributed by atoms with van der Waals surface area (Å²) in [7, 11) is 0. The zero-order chi connectivity index (χ0) is 12.9. The Morgan fingerprint density at radius 3 is 1.83 bits per heavy atom. The third-order valence-corrected chi connectivity index (χ3v) is 5.52. The molecule has 1 aliphatic heterocycles. The van der Waals surface area contributed by atoms with E-state index < -0.39 is 0 Å². The van der Waals surface area contributed by atoms with Gasteiger partial charge in [-0.05, 0) is 50.9 Å². The van der Waals surface area contributed by atoms with Gasteiger partial charge >= 0.3 is 0 Å². The summed E-state index contributed by atoms with van der Waals surface area (Å²) in [5.74, 6) is 0.761. The number of likely N-dealkylation sites (tertiary alicyclic amines) is 1. The van der Waals surface area contributed by atoms with Gasteiger partial charge in [0.1, 0.15) is 0 Å². The van der Waals surface area contributed by atoms with Crippen LogP contribution in [0.5, 0.6) is 0 Å². The second-order valence-corrected chi connectivity index (χ2v) is 7.40. The average Bonchev–Trinajstić information content (AvgIpc) is 2.83. The minimum atomic E-state index is -0.380. The Morgan fingerprint density at radius 1 is 1.06 bits per heavy atom. The van der Waals surface area contributed by atoms with E-state index in [1.807, 2.05) is 20.8 Å². The highest BCUT2D eigenvalue weighted by Gasteiger charge is 2.73. The molecule has 3 heteroatoms. The highest BCUT2D eigenvalue weighted by molar-refractivity contribution is 6.07. The number of amides is 2. The van der Waals surface area contributed by atoms with Crippen molar-refractivity contribution in [3.8, 4) is 0 Å². The van der Waals surface area contributed by atoms with Gasteiger partial charge in [-0.3, -0.25) is 14.5 Å². The second-order valence-electron chi connectivity index (χ2n) is 7.40. The normalized spacial score (nSPS) is 43.2. The van der Waals surface area contributed by atoms with Gasteiger partial charge in [0.05, 0.1) is 11.8 Å². The van der Waals surface area contributed by atoms with E-state index >= 15 is 0 Å². The van der Waals surface area contributed by atoms with Crippen molar-refractivity contribution < 1.29 is 9.59 Å². The predicted octanol–water partition coefficient (Wildman–Crippen LogP) is 1.98. The molecule has 0 aromatic carbocycles. The lowest BCUT2D eigenvalue weighted by molar-refractivity contribution is -0.146. The Balaban J connectivity index is 1.79. The largest absolute Gasteiger partial charge is 0.277 e. The summed E-state index contributed by atoms with van der Waals surface area (Å²) in [6.07, 6.45) is 6.85. The first-order valence-electron chi connectivity index (χ1n) is 6.94. The van der Waals surface area contributed by atoms with Crippen LogP contribution in [-0.4, -0.2) is 22.3 Å². The lowest BCUT2D eigenvalue weighted by Gasteiger charge is -2.32. The van der Waals surface area contributed by atoms with Crippen molar-refractivity contribution in [1.29, 1.82) is 0 Å². The molecule has 0 N–H and O–H groups in total. The van der Waals surface area contributed by atoms with Crippen LogP contribution in [-0.2, 0) is 9.59 Å². The molecule has 96 valence electrons. The molecule has 0 unspecified atom stereocenters. The molecule has 4 atom stereocenters.